The van der Waals surface area contributed by atoms with Gasteiger partial charge in [-0.15, -0.1) is 0 Å². The fourth-order valence-corrected chi connectivity index (χ4v) is 2.49. The smallest absolute Gasteiger partial charge is 0.227 e. The molecule has 0 saturated carbocycles. The van der Waals surface area contributed by atoms with Crippen molar-refractivity contribution in [3.63, 3.8) is 0 Å². The van der Waals surface area contributed by atoms with Crippen LogP contribution in [0.4, 0.5) is 5.69 Å². The zero-order valence-electron chi connectivity index (χ0n) is 10.0. The van der Waals surface area contributed by atoms with Crippen LogP contribution in [0.1, 0.15) is 6.42 Å². The highest BCUT2D eigenvalue weighted by Crippen LogP contribution is 2.30. The Bertz CT molecular complexity index is 591. The maximum atomic E-state index is 12.0. The maximum Gasteiger partial charge on any atom is 0.227 e. The van der Waals surface area contributed by atoms with Gasteiger partial charge < -0.3 is 10.6 Å². The highest BCUT2D eigenvalue weighted by Gasteiger charge is 2.30. The summed E-state index contributed by atoms with van der Waals surface area (Å²) in [6, 6.07) is 7.98. The minimum Gasteiger partial charge on any atom is -0.330 e. The number of nitrogens with two attached hydrogens (primary N) is 1. The number of fused-ring (bicyclic) bond motifs is 1. The van der Waals surface area contributed by atoms with Gasteiger partial charge in [0.2, 0.25) is 5.91 Å². The molecule has 1 aliphatic heterocycles. The molecule has 1 amide bonds. The number of carbonyl (C=O) groups excluding carboxylic acids is 1. The van der Waals surface area contributed by atoms with Crippen LogP contribution in [0.15, 0.2) is 36.7 Å². The minimum atomic E-state index is 0.142. The summed E-state index contributed by atoms with van der Waals surface area (Å²) in [5, 5.41) is 2.12. The lowest BCUT2D eigenvalue weighted by Gasteiger charge is -2.18. The molecule has 0 aliphatic carbocycles. The predicted molar refractivity (Wildman–Crippen MR) is 71.3 cm³/mol. The van der Waals surface area contributed by atoms with Crippen LogP contribution >= 0.6 is 0 Å². The van der Waals surface area contributed by atoms with Crippen LogP contribution in [-0.4, -0.2) is 24.0 Å². The Morgan fingerprint density at radius 3 is 2.94 bits per heavy atom. The number of hydrogen-bond donors (Lipinski definition) is 1. The number of anilines is 1. The summed E-state index contributed by atoms with van der Waals surface area (Å²) in [5.74, 6) is 0.403. The van der Waals surface area contributed by atoms with E-state index in [-0.39, 0.29) is 11.8 Å². The maximum absolute atomic E-state index is 12.0. The first-order chi connectivity index (χ1) is 8.79. The summed E-state index contributed by atoms with van der Waals surface area (Å²) in [6.45, 7) is 1.26. The lowest BCUT2D eigenvalue weighted by Crippen LogP contribution is -2.26. The summed E-state index contributed by atoms with van der Waals surface area (Å²) in [5.41, 5.74) is 6.55. The van der Waals surface area contributed by atoms with Gasteiger partial charge in [-0.25, -0.2) is 0 Å². The first-order valence-corrected chi connectivity index (χ1v) is 6.13. The average Bonchev–Trinajstić information content (AvgIpc) is 2.79. The van der Waals surface area contributed by atoms with E-state index in [4.69, 9.17) is 5.73 Å². The second kappa shape index (κ2) is 4.38. The number of hydrogen-bond acceptors (Lipinski definition) is 3. The molecule has 1 aromatic heterocycles. The van der Waals surface area contributed by atoms with Crippen molar-refractivity contribution < 1.29 is 4.79 Å². The van der Waals surface area contributed by atoms with Gasteiger partial charge in [-0.2, -0.15) is 0 Å². The van der Waals surface area contributed by atoms with Crippen LogP contribution in [0.5, 0.6) is 0 Å². The van der Waals surface area contributed by atoms with Gasteiger partial charge in [-0.3, -0.25) is 9.78 Å². The van der Waals surface area contributed by atoms with E-state index in [1.807, 2.05) is 35.4 Å². The van der Waals surface area contributed by atoms with Crippen molar-refractivity contribution in [1.29, 1.82) is 0 Å². The predicted octanol–water partition coefficient (Wildman–Crippen LogP) is 1.55. The fourth-order valence-electron chi connectivity index (χ4n) is 2.49. The van der Waals surface area contributed by atoms with Gasteiger partial charge in [0.25, 0.3) is 0 Å². The Kier molecular flexibility index (Phi) is 2.72. The third-order valence-corrected chi connectivity index (χ3v) is 3.48. The van der Waals surface area contributed by atoms with Crippen LogP contribution in [-0.2, 0) is 4.79 Å². The monoisotopic (exact) mass is 241 g/mol. The second-order valence-corrected chi connectivity index (χ2v) is 4.69. The third-order valence-electron chi connectivity index (χ3n) is 3.48. The molecule has 4 nitrogen and oxygen atoms in total. The van der Waals surface area contributed by atoms with E-state index < -0.39 is 0 Å². The zero-order valence-corrected chi connectivity index (χ0v) is 10.0. The van der Waals surface area contributed by atoms with Crippen molar-refractivity contribution in [2.45, 2.75) is 6.42 Å². The first-order valence-electron chi connectivity index (χ1n) is 6.13. The van der Waals surface area contributed by atoms with Crippen LogP contribution in [0, 0.1) is 5.92 Å². The molecule has 18 heavy (non-hydrogen) atoms. The molecule has 0 spiro atoms. The lowest BCUT2D eigenvalue weighted by molar-refractivity contribution is -0.117. The standard InChI is InChI=1S/C14H15N3O/c15-6-10-5-14(18)17(9-10)13-8-16-7-11-3-1-2-4-12(11)13/h1-4,7-8,10H,5-6,9,15H2. The van der Waals surface area contributed by atoms with E-state index in [0.29, 0.717) is 19.5 Å². The second-order valence-electron chi connectivity index (χ2n) is 4.69. The van der Waals surface area contributed by atoms with Crippen molar-refractivity contribution in [2.75, 3.05) is 18.0 Å². The lowest BCUT2D eigenvalue weighted by atomic mass is 10.1. The Hall–Kier alpha value is -1.94. The Labute approximate surface area is 105 Å². The van der Waals surface area contributed by atoms with Gasteiger partial charge in [0.05, 0.1) is 11.9 Å². The summed E-state index contributed by atoms with van der Waals surface area (Å²) in [7, 11) is 0. The van der Waals surface area contributed by atoms with Crippen molar-refractivity contribution >= 4 is 22.4 Å². The molecule has 0 bridgehead atoms. The molecule has 1 saturated heterocycles. The molecular formula is C14H15N3O. The number of aromatic nitrogens is 1. The Morgan fingerprint density at radius 1 is 1.33 bits per heavy atom. The van der Waals surface area contributed by atoms with Gasteiger partial charge in [0, 0.05) is 29.9 Å². The number of benzene rings is 1. The van der Waals surface area contributed by atoms with Gasteiger partial charge in [0.1, 0.15) is 0 Å². The highest BCUT2D eigenvalue weighted by atomic mass is 16.2. The zero-order chi connectivity index (χ0) is 12.5. The molecule has 2 heterocycles. The summed E-state index contributed by atoms with van der Waals surface area (Å²) >= 11 is 0. The number of amides is 1. The molecule has 0 radical (unpaired) electrons. The molecule has 1 fully saturated rings. The number of rotatable bonds is 2. The van der Waals surface area contributed by atoms with Gasteiger partial charge >= 0.3 is 0 Å². The van der Waals surface area contributed by atoms with Gasteiger partial charge in [-0.05, 0) is 12.5 Å². The quantitative estimate of drug-likeness (QED) is 0.867. The molecule has 2 aromatic rings. The molecule has 1 aromatic carbocycles. The molecule has 2 N–H and O–H groups in total. The largest absolute Gasteiger partial charge is 0.330 e. The van der Waals surface area contributed by atoms with E-state index >= 15 is 0 Å². The average molecular weight is 241 g/mol. The Morgan fingerprint density at radius 2 is 2.17 bits per heavy atom. The highest BCUT2D eigenvalue weighted by molar-refractivity contribution is 6.04. The van der Waals surface area contributed by atoms with Gasteiger partial charge in [-0.1, -0.05) is 24.3 Å². The van der Waals surface area contributed by atoms with E-state index in [9.17, 15) is 4.79 Å². The van der Waals surface area contributed by atoms with Gasteiger partial charge in [0.15, 0.2) is 0 Å². The van der Waals surface area contributed by atoms with Crippen molar-refractivity contribution in [3.05, 3.63) is 36.7 Å². The summed E-state index contributed by atoms with van der Waals surface area (Å²) in [6.07, 6.45) is 4.12. The molecule has 1 aliphatic rings. The van der Waals surface area contributed by atoms with Crippen LogP contribution in [0.2, 0.25) is 0 Å². The number of pyridine rings is 1. The minimum absolute atomic E-state index is 0.142. The Balaban J connectivity index is 2.07. The third kappa shape index (κ3) is 1.75. The van der Waals surface area contributed by atoms with Crippen molar-refractivity contribution in [2.24, 2.45) is 11.7 Å². The molecule has 1 unspecified atom stereocenters. The molecule has 92 valence electrons. The van der Waals surface area contributed by atoms with E-state index in [0.717, 1.165) is 16.5 Å². The molecule has 4 heteroatoms. The number of carbonyl (C=O) groups is 1. The molecular weight excluding hydrogens is 226 g/mol. The number of nitrogens with zero attached hydrogens (tertiary/aromatic N) is 2. The van der Waals surface area contributed by atoms with Crippen LogP contribution < -0.4 is 10.6 Å². The van der Waals surface area contributed by atoms with E-state index in [1.54, 1.807) is 6.20 Å². The van der Waals surface area contributed by atoms with Crippen LogP contribution in [0.3, 0.4) is 0 Å². The molecule has 1 atom stereocenters. The fraction of sp³-hybridized carbons (Fsp3) is 0.286. The summed E-state index contributed by atoms with van der Waals surface area (Å²) < 4.78 is 0. The molecule has 3 rings (SSSR count). The topological polar surface area (TPSA) is 59.2 Å². The summed E-state index contributed by atoms with van der Waals surface area (Å²) in [4.78, 5) is 18.1. The van der Waals surface area contributed by atoms with E-state index in [2.05, 4.69) is 4.98 Å². The van der Waals surface area contributed by atoms with Crippen molar-refractivity contribution in [1.82, 2.24) is 4.98 Å². The van der Waals surface area contributed by atoms with E-state index in [1.165, 1.54) is 0 Å². The first kappa shape index (κ1) is 11.2. The van der Waals surface area contributed by atoms with Crippen LogP contribution in [0.25, 0.3) is 10.8 Å². The van der Waals surface area contributed by atoms with Crippen molar-refractivity contribution in [3.8, 4) is 0 Å². The SMILES string of the molecule is NCC1CC(=O)N(c2cncc3ccccc23)C1. The normalized spacial score (nSPS) is 19.7.